The molecule has 0 bridgehead atoms. The Labute approximate surface area is 101 Å². The van der Waals surface area contributed by atoms with Crippen LogP contribution in [-0.4, -0.2) is 4.99 Å². The van der Waals surface area contributed by atoms with Gasteiger partial charge in [-0.1, -0.05) is 18.3 Å². The van der Waals surface area contributed by atoms with Crippen LogP contribution in [0.1, 0.15) is 4.88 Å². The molecule has 0 spiro atoms. The average Bonchev–Trinajstić information content (AvgIpc) is 2.68. The first-order valence-electron chi connectivity index (χ1n) is 4.46. The summed E-state index contributed by atoms with van der Waals surface area (Å²) in [5, 5.41) is 4.67. The molecule has 0 aliphatic heterocycles. The van der Waals surface area contributed by atoms with Gasteiger partial charge in [-0.05, 0) is 23.6 Å². The van der Waals surface area contributed by atoms with Crippen molar-refractivity contribution in [3.05, 3.63) is 52.2 Å². The van der Waals surface area contributed by atoms with Gasteiger partial charge in [-0.3, -0.25) is 0 Å². The van der Waals surface area contributed by atoms with Gasteiger partial charge in [-0.15, -0.1) is 11.3 Å². The third kappa shape index (κ3) is 2.62. The Morgan fingerprint density at radius 1 is 1.19 bits per heavy atom. The van der Waals surface area contributed by atoms with Crippen molar-refractivity contribution in [2.45, 2.75) is 0 Å². The highest BCUT2D eigenvalue weighted by Crippen LogP contribution is 2.16. The van der Waals surface area contributed by atoms with Crippen LogP contribution in [0.15, 0.2) is 35.7 Å². The van der Waals surface area contributed by atoms with Crippen molar-refractivity contribution >= 4 is 34.2 Å². The van der Waals surface area contributed by atoms with E-state index in [9.17, 15) is 8.78 Å². The predicted octanol–water partition coefficient (Wildman–Crippen LogP) is 3.81. The van der Waals surface area contributed by atoms with Crippen molar-refractivity contribution in [2.75, 3.05) is 5.32 Å². The third-order valence-corrected chi connectivity index (χ3v) is 3.20. The molecule has 16 heavy (non-hydrogen) atoms. The lowest BCUT2D eigenvalue weighted by molar-refractivity contribution is 0.584. The largest absolute Gasteiger partial charge is 0.345 e. The summed E-state index contributed by atoms with van der Waals surface area (Å²) >= 11 is 6.56. The molecule has 1 heterocycles. The van der Waals surface area contributed by atoms with Crippen LogP contribution in [0.4, 0.5) is 14.5 Å². The summed E-state index contributed by atoms with van der Waals surface area (Å²) < 4.78 is 25.8. The van der Waals surface area contributed by atoms with Crippen molar-refractivity contribution in [1.82, 2.24) is 0 Å². The van der Waals surface area contributed by atoms with Gasteiger partial charge in [0, 0.05) is 11.8 Å². The summed E-state index contributed by atoms with van der Waals surface area (Å²) in [6.07, 6.45) is 0. The lowest BCUT2D eigenvalue weighted by Gasteiger charge is -2.06. The van der Waals surface area contributed by atoms with Crippen LogP contribution < -0.4 is 5.32 Å². The second-order valence-electron chi connectivity index (χ2n) is 3.09. The van der Waals surface area contributed by atoms with E-state index >= 15 is 0 Å². The highest BCUT2D eigenvalue weighted by atomic mass is 32.1. The maximum absolute atomic E-state index is 12.9. The molecule has 0 fully saturated rings. The molecule has 2 aromatic rings. The molecule has 1 N–H and O–H groups in total. The summed E-state index contributed by atoms with van der Waals surface area (Å²) in [6.45, 7) is 0. The summed E-state index contributed by atoms with van der Waals surface area (Å²) in [5.41, 5.74) is 0.316. The van der Waals surface area contributed by atoms with Crippen molar-refractivity contribution in [3.63, 3.8) is 0 Å². The van der Waals surface area contributed by atoms with Gasteiger partial charge < -0.3 is 5.32 Å². The first-order chi connectivity index (χ1) is 7.65. The molecule has 0 aliphatic carbocycles. The molecule has 0 unspecified atom stereocenters. The van der Waals surface area contributed by atoms with Crippen LogP contribution >= 0.6 is 23.6 Å². The van der Waals surface area contributed by atoms with Gasteiger partial charge in [-0.2, -0.15) is 0 Å². The van der Waals surface area contributed by atoms with Crippen molar-refractivity contribution in [3.8, 4) is 0 Å². The Balaban J connectivity index is 2.18. The molecular formula is C11H7F2NS2. The van der Waals surface area contributed by atoms with Gasteiger partial charge >= 0.3 is 0 Å². The summed E-state index contributed by atoms with van der Waals surface area (Å²) in [6, 6.07) is 6.92. The van der Waals surface area contributed by atoms with Gasteiger partial charge in [-0.25, -0.2) is 8.78 Å². The number of thiophene rings is 1. The van der Waals surface area contributed by atoms with E-state index in [-0.39, 0.29) is 0 Å². The second-order valence-corrected chi connectivity index (χ2v) is 4.45. The van der Waals surface area contributed by atoms with E-state index in [1.165, 1.54) is 23.5 Å². The predicted molar refractivity (Wildman–Crippen MR) is 66.0 cm³/mol. The Bertz CT molecular complexity index is 488. The zero-order valence-corrected chi connectivity index (χ0v) is 9.67. The first-order valence-corrected chi connectivity index (χ1v) is 5.75. The van der Waals surface area contributed by atoms with Crippen LogP contribution in [0.5, 0.6) is 0 Å². The highest BCUT2D eigenvalue weighted by molar-refractivity contribution is 7.81. The summed E-state index contributed by atoms with van der Waals surface area (Å²) in [4.78, 5) is 1.32. The highest BCUT2D eigenvalue weighted by Gasteiger charge is 2.05. The maximum Gasteiger partial charge on any atom is 0.128 e. The lowest BCUT2D eigenvalue weighted by atomic mass is 10.3. The minimum atomic E-state index is -0.628. The number of anilines is 1. The van der Waals surface area contributed by atoms with Crippen molar-refractivity contribution in [1.29, 1.82) is 0 Å². The third-order valence-electron chi connectivity index (χ3n) is 1.87. The topological polar surface area (TPSA) is 12.0 Å². The Morgan fingerprint density at radius 2 is 1.88 bits per heavy atom. The smallest absolute Gasteiger partial charge is 0.128 e. The number of rotatable bonds is 2. The van der Waals surface area contributed by atoms with Crippen LogP contribution in [0.25, 0.3) is 0 Å². The van der Waals surface area contributed by atoms with Gasteiger partial charge in [0.2, 0.25) is 0 Å². The maximum atomic E-state index is 12.9. The van der Waals surface area contributed by atoms with E-state index in [0.29, 0.717) is 10.7 Å². The molecule has 0 atom stereocenters. The molecule has 0 radical (unpaired) electrons. The molecule has 0 saturated heterocycles. The van der Waals surface area contributed by atoms with Crippen LogP contribution in [-0.2, 0) is 0 Å². The number of nitrogens with one attached hydrogen (secondary N) is 1. The molecule has 1 aromatic carbocycles. The van der Waals surface area contributed by atoms with Crippen LogP contribution in [0.3, 0.4) is 0 Å². The fourth-order valence-corrected chi connectivity index (χ4v) is 2.18. The van der Waals surface area contributed by atoms with Crippen molar-refractivity contribution < 1.29 is 8.78 Å². The van der Waals surface area contributed by atoms with Crippen molar-refractivity contribution in [2.24, 2.45) is 0 Å². The van der Waals surface area contributed by atoms with Crippen LogP contribution in [0, 0.1) is 11.6 Å². The Kier molecular flexibility index (Phi) is 3.26. The van der Waals surface area contributed by atoms with Gasteiger partial charge in [0.25, 0.3) is 0 Å². The normalized spacial score (nSPS) is 10.1. The standard InChI is InChI=1S/C11H7F2NS2/c12-7-4-8(13)6-9(5-7)14-11(15)10-2-1-3-16-10/h1-6H,(H,14,15). The van der Waals surface area contributed by atoms with E-state index in [0.717, 1.165) is 10.9 Å². The Morgan fingerprint density at radius 3 is 2.44 bits per heavy atom. The van der Waals surface area contributed by atoms with E-state index in [4.69, 9.17) is 12.2 Å². The lowest BCUT2D eigenvalue weighted by Crippen LogP contribution is -2.09. The monoisotopic (exact) mass is 255 g/mol. The SMILES string of the molecule is Fc1cc(F)cc(NC(=S)c2cccs2)c1. The molecule has 0 saturated carbocycles. The molecular weight excluding hydrogens is 248 g/mol. The summed E-state index contributed by atoms with van der Waals surface area (Å²) in [7, 11) is 0. The summed E-state index contributed by atoms with van der Waals surface area (Å²) in [5.74, 6) is -1.26. The van der Waals surface area contributed by atoms with E-state index < -0.39 is 11.6 Å². The minimum absolute atomic E-state index is 0.316. The molecule has 2 rings (SSSR count). The molecule has 0 aliphatic rings. The van der Waals surface area contributed by atoms with Gasteiger partial charge in [0.1, 0.15) is 16.6 Å². The molecule has 5 heteroatoms. The number of benzene rings is 1. The number of hydrogen-bond acceptors (Lipinski definition) is 2. The van der Waals surface area contributed by atoms with E-state index in [1.54, 1.807) is 0 Å². The molecule has 1 nitrogen and oxygen atoms in total. The van der Waals surface area contributed by atoms with Gasteiger partial charge in [0.05, 0.1) is 4.88 Å². The van der Waals surface area contributed by atoms with Gasteiger partial charge in [0.15, 0.2) is 0 Å². The quantitative estimate of drug-likeness (QED) is 0.819. The zero-order chi connectivity index (χ0) is 11.5. The average molecular weight is 255 g/mol. The number of halogens is 2. The zero-order valence-electron chi connectivity index (χ0n) is 8.04. The number of thiocarbonyl (C=S) groups is 1. The second kappa shape index (κ2) is 4.67. The Hall–Kier alpha value is -1.33. The molecule has 0 amide bonds. The first kappa shape index (κ1) is 11.2. The van der Waals surface area contributed by atoms with E-state index in [1.807, 2.05) is 17.5 Å². The minimum Gasteiger partial charge on any atom is -0.345 e. The van der Waals surface area contributed by atoms with E-state index in [2.05, 4.69) is 5.32 Å². The molecule has 1 aromatic heterocycles. The fourth-order valence-electron chi connectivity index (χ4n) is 1.23. The fraction of sp³-hybridized carbons (Fsp3) is 0. The molecule has 82 valence electrons. The van der Waals surface area contributed by atoms with Crippen LogP contribution in [0.2, 0.25) is 0 Å². The number of hydrogen-bond donors (Lipinski definition) is 1.